The summed E-state index contributed by atoms with van der Waals surface area (Å²) in [5.41, 5.74) is 0.0554. The van der Waals surface area contributed by atoms with Crippen LogP contribution in [0.5, 0.6) is 0 Å². The lowest BCUT2D eigenvalue weighted by molar-refractivity contribution is -0.137. The maximum Gasteiger partial charge on any atom is 0.443 e. The Hall–Kier alpha value is -1.83. The molecule has 18 heavy (non-hydrogen) atoms. The average Bonchev–Trinajstić information content (AvgIpc) is 2.77. The summed E-state index contributed by atoms with van der Waals surface area (Å²) < 4.78 is 37.0. The van der Waals surface area contributed by atoms with Crippen LogP contribution in [0.25, 0.3) is 0 Å². The zero-order chi connectivity index (χ0) is 13.3. The van der Waals surface area contributed by atoms with E-state index in [1.54, 1.807) is 6.92 Å². The van der Waals surface area contributed by atoms with Gasteiger partial charge in [0, 0.05) is 12.4 Å². The highest BCUT2D eigenvalue weighted by Crippen LogP contribution is 2.32. The van der Waals surface area contributed by atoms with Gasteiger partial charge in [-0.2, -0.15) is 13.2 Å². The van der Waals surface area contributed by atoms with Crippen molar-refractivity contribution < 1.29 is 18.0 Å². The molecule has 0 saturated carbocycles. The first kappa shape index (κ1) is 12.6. The Labute approximate surface area is 104 Å². The van der Waals surface area contributed by atoms with Crippen molar-refractivity contribution in [1.82, 2.24) is 15.0 Å². The van der Waals surface area contributed by atoms with Crippen LogP contribution in [0, 0.1) is 6.92 Å². The largest absolute Gasteiger partial charge is 0.443 e. The van der Waals surface area contributed by atoms with E-state index in [2.05, 4.69) is 15.0 Å². The van der Waals surface area contributed by atoms with E-state index in [0.29, 0.717) is 17.2 Å². The van der Waals surface area contributed by atoms with E-state index in [4.69, 9.17) is 0 Å². The van der Waals surface area contributed by atoms with Crippen molar-refractivity contribution in [2.45, 2.75) is 13.1 Å². The summed E-state index contributed by atoms with van der Waals surface area (Å²) in [6.07, 6.45) is -2.25. The van der Waals surface area contributed by atoms with Crippen LogP contribution in [-0.4, -0.2) is 20.7 Å². The molecule has 0 atom stereocenters. The number of carbonyl (C=O) groups is 1. The fourth-order valence-corrected chi connectivity index (χ4v) is 1.95. The second-order valence-corrected chi connectivity index (χ2v) is 4.38. The summed E-state index contributed by atoms with van der Waals surface area (Å²) in [4.78, 5) is 22.6. The second-order valence-electron chi connectivity index (χ2n) is 3.35. The number of hydrogen-bond acceptors (Lipinski definition) is 5. The number of aryl methyl sites for hydroxylation is 1. The van der Waals surface area contributed by atoms with E-state index in [1.807, 2.05) is 0 Å². The summed E-state index contributed by atoms with van der Waals surface area (Å²) in [7, 11) is 0. The van der Waals surface area contributed by atoms with Gasteiger partial charge in [0.1, 0.15) is 11.5 Å². The zero-order valence-electron chi connectivity index (χ0n) is 9.02. The Morgan fingerprint density at radius 2 is 2.06 bits per heavy atom. The Bertz CT molecular complexity index is 594. The topological polar surface area (TPSA) is 55.7 Å². The van der Waals surface area contributed by atoms with Gasteiger partial charge in [-0.05, 0) is 13.0 Å². The predicted octanol–water partition coefficient (Wildman–Crippen LogP) is 2.49. The lowest BCUT2D eigenvalue weighted by atomic mass is 10.2. The minimum Gasteiger partial charge on any atom is -0.286 e. The molecule has 8 heteroatoms. The number of aromatic nitrogens is 3. The van der Waals surface area contributed by atoms with Crippen LogP contribution in [0.4, 0.5) is 13.2 Å². The maximum atomic E-state index is 12.3. The molecular formula is C10H6F3N3OS. The number of ketones is 1. The third-order valence-electron chi connectivity index (χ3n) is 1.98. The van der Waals surface area contributed by atoms with E-state index in [-0.39, 0.29) is 10.6 Å². The van der Waals surface area contributed by atoms with Gasteiger partial charge in [0.2, 0.25) is 5.78 Å². The summed E-state index contributed by atoms with van der Waals surface area (Å²) in [6.45, 7) is 1.59. The van der Waals surface area contributed by atoms with Crippen molar-refractivity contribution in [3.63, 3.8) is 0 Å². The number of carbonyl (C=O) groups excluding carboxylic acids is 1. The van der Waals surface area contributed by atoms with Crippen LogP contribution in [0.15, 0.2) is 18.5 Å². The molecular weight excluding hydrogens is 267 g/mol. The molecule has 2 aromatic heterocycles. The molecule has 2 heterocycles. The standard InChI is InChI=1S/C10H6F3N3OS/c1-5-14-3-2-6(16-5)8(17)7-4-15-9(18-7)10(11,12)13/h2-4H,1H3. The van der Waals surface area contributed by atoms with E-state index in [1.165, 1.54) is 12.3 Å². The fraction of sp³-hybridized carbons (Fsp3) is 0.200. The molecule has 0 saturated heterocycles. The average molecular weight is 273 g/mol. The monoisotopic (exact) mass is 273 g/mol. The minimum atomic E-state index is -4.54. The molecule has 0 bridgehead atoms. The highest BCUT2D eigenvalue weighted by atomic mass is 32.1. The van der Waals surface area contributed by atoms with E-state index in [0.717, 1.165) is 6.20 Å². The van der Waals surface area contributed by atoms with E-state index in [9.17, 15) is 18.0 Å². The molecule has 94 valence electrons. The SMILES string of the molecule is Cc1nccc(C(=O)c2cnc(C(F)(F)F)s2)n1. The molecule has 0 radical (unpaired) electrons. The Morgan fingerprint density at radius 1 is 1.33 bits per heavy atom. The van der Waals surface area contributed by atoms with Crippen LogP contribution < -0.4 is 0 Å². The first-order chi connectivity index (χ1) is 8.38. The van der Waals surface area contributed by atoms with Crippen molar-refractivity contribution in [2.75, 3.05) is 0 Å². The Morgan fingerprint density at radius 3 is 2.61 bits per heavy atom. The first-order valence-electron chi connectivity index (χ1n) is 4.75. The number of halogens is 3. The number of alkyl halides is 3. The molecule has 4 nitrogen and oxygen atoms in total. The minimum absolute atomic E-state index is 0.0554. The zero-order valence-corrected chi connectivity index (χ0v) is 9.84. The second kappa shape index (κ2) is 4.45. The van der Waals surface area contributed by atoms with Gasteiger partial charge in [0.15, 0.2) is 5.01 Å². The molecule has 2 rings (SSSR count). The van der Waals surface area contributed by atoms with Crippen LogP contribution in [0.1, 0.15) is 26.2 Å². The summed E-state index contributed by atoms with van der Waals surface area (Å²) >= 11 is 0.303. The Kier molecular flexibility index (Phi) is 3.12. The molecule has 0 aliphatic rings. The van der Waals surface area contributed by atoms with Crippen LogP contribution >= 0.6 is 11.3 Å². The third-order valence-corrected chi connectivity index (χ3v) is 3.02. The number of rotatable bonds is 2. The number of thiazole rings is 1. The molecule has 2 aromatic rings. The molecule has 0 N–H and O–H groups in total. The number of hydrogen-bond donors (Lipinski definition) is 0. The molecule has 0 unspecified atom stereocenters. The van der Waals surface area contributed by atoms with E-state index < -0.39 is 17.0 Å². The molecule has 0 spiro atoms. The van der Waals surface area contributed by atoms with Gasteiger partial charge < -0.3 is 0 Å². The van der Waals surface area contributed by atoms with Crippen LogP contribution in [-0.2, 0) is 6.18 Å². The molecule has 0 aromatic carbocycles. The molecule has 0 fully saturated rings. The maximum absolute atomic E-state index is 12.3. The number of nitrogens with zero attached hydrogens (tertiary/aromatic N) is 3. The molecule has 0 aliphatic heterocycles. The summed E-state index contributed by atoms with van der Waals surface area (Å²) in [5.74, 6) is -0.213. The highest BCUT2D eigenvalue weighted by Gasteiger charge is 2.35. The lowest BCUT2D eigenvalue weighted by Gasteiger charge is -1.99. The fourth-order valence-electron chi connectivity index (χ4n) is 1.22. The predicted molar refractivity (Wildman–Crippen MR) is 57.3 cm³/mol. The van der Waals surface area contributed by atoms with Gasteiger partial charge in [0.05, 0.1) is 4.88 Å². The Balaban J connectivity index is 2.33. The first-order valence-corrected chi connectivity index (χ1v) is 5.57. The van der Waals surface area contributed by atoms with Crippen LogP contribution in [0.2, 0.25) is 0 Å². The quantitative estimate of drug-likeness (QED) is 0.789. The van der Waals surface area contributed by atoms with Gasteiger partial charge in [-0.3, -0.25) is 4.79 Å². The summed E-state index contributed by atoms with van der Waals surface area (Å²) in [6, 6.07) is 1.35. The van der Waals surface area contributed by atoms with Gasteiger partial charge in [-0.25, -0.2) is 15.0 Å². The van der Waals surface area contributed by atoms with Crippen molar-refractivity contribution in [1.29, 1.82) is 0 Å². The molecule has 0 aliphatic carbocycles. The van der Waals surface area contributed by atoms with Crippen LogP contribution in [0.3, 0.4) is 0 Å². The van der Waals surface area contributed by atoms with Crippen molar-refractivity contribution in [2.24, 2.45) is 0 Å². The lowest BCUT2D eigenvalue weighted by Crippen LogP contribution is -2.04. The van der Waals surface area contributed by atoms with Gasteiger partial charge in [-0.15, -0.1) is 11.3 Å². The van der Waals surface area contributed by atoms with Gasteiger partial charge >= 0.3 is 6.18 Å². The van der Waals surface area contributed by atoms with Crippen molar-refractivity contribution in [3.8, 4) is 0 Å². The van der Waals surface area contributed by atoms with Gasteiger partial charge in [-0.1, -0.05) is 0 Å². The highest BCUT2D eigenvalue weighted by molar-refractivity contribution is 7.13. The van der Waals surface area contributed by atoms with Crippen molar-refractivity contribution >= 4 is 17.1 Å². The van der Waals surface area contributed by atoms with Gasteiger partial charge in [0.25, 0.3) is 0 Å². The van der Waals surface area contributed by atoms with E-state index >= 15 is 0 Å². The van der Waals surface area contributed by atoms with Crippen molar-refractivity contribution in [3.05, 3.63) is 39.9 Å². The normalized spacial score (nSPS) is 11.6. The third kappa shape index (κ3) is 2.53. The smallest absolute Gasteiger partial charge is 0.286 e. The summed E-state index contributed by atoms with van der Waals surface area (Å²) in [5, 5.41) is -1.04. The molecule has 0 amide bonds.